The van der Waals surface area contributed by atoms with Crippen LogP contribution in [0.1, 0.15) is 55.3 Å². The average Bonchev–Trinajstić information content (AvgIpc) is 3.02. The van der Waals surface area contributed by atoms with Crippen LogP contribution in [-0.4, -0.2) is 24.9 Å². The van der Waals surface area contributed by atoms with Gasteiger partial charge in [0.25, 0.3) is 5.91 Å². The smallest absolute Gasteiger partial charge is 0.266 e. The molecule has 2 aromatic rings. The van der Waals surface area contributed by atoms with Crippen molar-refractivity contribution in [3.63, 3.8) is 0 Å². The fourth-order valence-corrected chi connectivity index (χ4v) is 4.13. The van der Waals surface area contributed by atoms with Gasteiger partial charge in [-0.25, -0.2) is 0 Å². The first-order valence-electron chi connectivity index (χ1n) is 9.82. The standard InChI is InChI=1S/C22H29N3O2S/c1-15-14-18(24-21(27)22(2,3)4)28-19(15)20(26)23-16-8-10-17(11-9-16)25-12-6-5-7-13-25/h8-11,14H,5-7,12-13H2,1-4H3,(H,23,26)(H,24,27). The molecule has 0 unspecified atom stereocenters. The van der Waals surface area contributed by atoms with Gasteiger partial charge in [-0.2, -0.15) is 0 Å². The number of carbonyl (C=O) groups excluding carboxylic acids is 2. The van der Waals surface area contributed by atoms with Gasteiger partial charge in [-0.3, -0.25) is 9.59 Å². The third kappa shape index (κ3) is 4.93. The topological polar surface area (TPSA) is 61.4 Å². The van der Waals surface area contributed by atoms with Crippen LogP contribution in [0.15, 0.2) is 30.3 Å². The molecule has 1 fully saturated rings. The SMILES string of the molecule is Cc1cc(NC(=O)C(C)(C)C)sc1C(=O)Nc1ccc(N2CCCCC2)cc1. The molecule has 5 nitrogen and oxygen atoms in total. The van der Waals surface area contributed by atoms with Crippen LogP contribution in [0.2, 0.25) is 0 Å². The van der Waals surface area contributed by atoms with Gasteiger partial charge in [0.2, 0.25) is 5.91 Å². The highest BCUT2D eigenvalue weighted by Gasteiger charge is 2.23. The molecule has 1 aromatic heterocycles. The minimum absolute atomic E-state index is 0.0611. The van der Waals surface area contributed by atoms with E-state index in [0.29, 0.717) is 9.88 Å². The van der Waals surface area contributed by atoms with Crippen LogP contribution in [-0.2, 0) is 4.79 Å². The van der Waals surface area contributed by atoms with E-state index in [1.165, 1.54) is 36.3 Å². The third-order valence-corrected chi connectivity index (χ3v) is 6.04. The molecule has 1 aliphatic heterocycles. The highest BCUT2D eigenvalue weighted by Crippen LogP contribution is 2.29. The summed E-state index contributed by atoms with van der Waals surface area (Å²) in [7, 11) is 0. The molecule has 6 heteroatoms. The quantitative estimate of drug-likeness (QED) is 0.735. The normalized spacial score (nSPS) is 14.6. The summed E-state index contributed by atoms with van der Waals surface area (Å²) in [5.74, 6) is -0.210. The first-order chi connectivity index (χ1) is 13.2. The average molecular weight is 400 g/mol. The number of hydrogen-bond donors (Lipinski definition) is 2. The fraction of sp³-hybridized carbons (Fsp3) is 0.455. The Balaban J connectivity index is 1.65. The monoisotopic (exact) mass is 399 g/mol. The van der Waals surface area contributed by atoms with Crippen molar-refractivity contribution < 1.29 is 9.59 Å². The Morgan fingerprint density at radius 1 is 1.00 bits per heavy atom. The molecule has 2 N–H and O–H groups in total. The Morgan fingerprint density at radius 2 is 1.64 bits per heavy atom. The maximum absolute atomic E-state index is 12.7. The van der Waals surface area contributed by atoms with Crippen molar-refractivity contribution in [3.05, 3.63) is 40.8 Å². The predicted octanol–water partition coefficient (Wildman–Crippen LogP) is 5.28. The lowest BCUT2D eigenvalue weighted by Crippen LogP contribution is -2.29. The van der Waals surface area contributed by atoms with Crippen LogP contribution >= 0.6 is 11.3 Å². The molecular formula is C22H29N3O2S. The number of thiophene rings is 1. The summed E-state index contributed by atoms with van der Waals surface area (Å²) in [6.45, 7) is 9.68. The second-order valence-electron chi connectivity index (χ2n) is 8.38. The molecule has 1 aliphatic rings. The van der Waals surface area contributed by atoms with Crippen molar-refractivity contribution in [1.29, 1.82) is 0 Å². The van der Waals surface area contributed by atoms with Crippen LogP contribution in [0, 0.1) is 12.3 Å². The highest BCUT2D eigenvalue weighted by molar-refractivity contribution is 7.18. The molecule has 0 aliphatic carbocycles. The molecule has 150 valence electrons. The molecule has 0 saturated carbocycles. The highest BCUT2D eigenvalue weighted by atomic mass is 32.1. The van der Waals surface area contributed by atoms with Crippen LogP contribution in [0.25, 0.3) is 0 Å². The first-order valence-corrected chi connectivity index (χ1v) is 10.6. The van der Waals surface area contributed by atoms with Crippen LogP contribution in [0.5, 0.6) is 0 Å². The maximum Gasteiger partial charge on any atom is 0.266 e. The van der Waals surface area contributed by atoms with Gasteiger partial charge in [0.05, 0.1) is 9.88 Å². The minimum Gasteiger partial charge on any atom is -0.372 e. The molecule has 0 radical (unpaired) electrons. The van der Waals surface area contributed by atoms with E-state index >= 15 is 0 Å². The lowest BCUT2D eigenvalue weighted by molar-refractivity contribution is -0.123. The summed E-state index contributed by atoms with van der Waals surface area (Å²) in [5, 5.41) is 6.56. The zero-order chi connectivity index (χ0) is 20.3. The van der Waals surface area contributed by atoms with Crippen molar-refractivity contribution in [2.24, 2.45) is 5.41 Å². The summed E-state index contributed by atoms with van der Waals surface area (Å²) in [6.07, 6.45) is 3.79. The molecular weight excluding hydrogens is 370 g/mol. The van der Waals surface area contributed by atoms with E-state index in [1.54, 1.807) is 0 Å². The molecule has 0 bridgehead atoms. The number of hydrogen-bond acceptors (Lipinski definition) is 4. The molecule has 3 rings (SSSR count). The van der Waals surface area contributed by atoms with E-state index in [-0.39, 0.29) is 11.8 Å². The summed E-state index contributed by atoms with van der Waals surface area (Å²) in [6, 6.07) is 9.89. The Kier molecular flexibility index (Phi) is 6.08. The van der Waals surface area contributed by atoms with Gasteiger partial charge in [-0.1, -0.05) is 20.8 Å². The lowest BCUT2D eigenvalue weighted by Gasteiger charge is -2.28. The van der Waals surface area contributed by atoms with Gasteiger partial charge in [0.15, 0.2) is 0 Å². The van der Waals surface area contributed by atoms with Crippen molar-refractivity contribution in [2.45, 2.75) is 47.0 Å². The van der Waals surface area contributed by atoms with E-state index in [1.807, 2.05) is 45.9 Å². The summed E-state index contributed by atoms with van der Waals surface area (Å²) in [4.78, 5) is 27.9. The number of benzene rings is 1. The fourth-order valence-electron chi connectivity index (χ4n) is 3.16. The number of carbonyl (C=O) groups is 2. The van der Waals surface area contributed by atoms with Crippen LogP contribution in [0.4, 0.5) is 16.4 Å². The number of aryl methyl sites for hydroxylation is 1. The molecule has 28 heavy (non-hydrogen) atoms. The zero-order valence-electron chi connectivity index (χ0n) is 17.1. The van der Waals surface area contributed by atoms with E-state index in [4.69, 9.17) is 0 Å². The maximum atomic E-state index is 12.7. The second-order valence-corrected chi connectivity index (χ2v) is 9.43. The van der Waals surface area contributed by atoms with E-state index < -0.39 is 5.41 Å². The number of piperidine rings is 1. The number of amides is 2. The van der Waals surface area contributed by atoms with Crippen LogP contribution in [0.3, 0.4) is 0 Å². The largest absolute Gasteiger partial charge is 0.372 e. The van der Waals surface area contributed by atoms with Crippen molar-refractivity contribution >= 4 is 39.5 Å². The molecule has 2 amide bonds. The molecule has 2 heterocycles. The van der Waals surface area contributed by atoms with Gasteiger partial charge in [-0.15, -0.1) is 11.3 Å². The Labute approximate surface area is 171 Å². The number of nitrogens with one attached hydrogen (secondary N) is 2. The van der Waals surface area contributed by atoms with Crippen molar-refractivity contribution in [3.8, 4) is 0 Å². The van der Waals surface area contributed by atoms with Crippen molar-refractivity contribution in [1.82, 2.24) is 0 Å². The Bertz CT molecular complexity index is 844. The summed E-state index contributed by atoms with van der Waals surface area (Å²) < 4.78 is 0. The zero-order valence-corrected chi connectivity index (χ0v) is 17.9. The van der Waals surface area contributed by atoms with Gasteiger partial charge < -0.3 is 15.5 Å². The first kappa shape index (κ1) is 20.4. The molecule has 1 saturated heterocycles. The van der Waals surface area contributed by atoms with Gasteiger partial charge in [0, 0.05) is 29.9 Å². The van der Waals surface area contributed by atoms with E-state index in [0.717, 1.165) is 24.3 Å². The summed E-state index contributed by atoms with van der Waals surface area (Å²) >= 11 is 1.30. The molecule has 1 aromatic carbocycles. The predicted molar refractivity (Wildman–Crippen MR) is 118 cm³/mol. The molecule has 0 atom stereocenters. The second kappa shape index (κ2) is 8.35. The number of rotatable bonds is 4. The van der Waals surface area contributed by atoms with Crippen LogP contribution < -0.4 is 15.5 Å². The minimum atomic E-state index is -0.476. The van der Waals surface area contributed by atoms with E-state index in [9.17, 15) is 9.59 Å². The summed E-state index contributed by atoms with van der Waals surface area (Å²) in [5.41, 5.74) is 2.36. The number of nitrogens with zero attached hydrogens (tertiary/aromatic N) is 1. The molecule has 0 spiro atoms. The van der Waals surface area contributed by atoms with Crippen molar-refractivity contribution in [2.75, 3.05) is 28.6 Å². The lowest BCUT2D eigenvalue weighted by atomic mass is 9.96. The van der Waals surface area contributed by atoms with Gasteiger partial charge in [0.1, 0.15) is 0 Å². The van der Waals surface area contributed by atoms with Gasteiger partial charge >= 0.3 is 0 Å². The Morgan fingerprint density at radius 3 is 2.25 bits per heavy atom. The van der Waals surface area contributed by atoms with Gasteiger partial charge in [-0.05, 0) is 62.1 Å². The van der Waals surface area contributed by atoms with E-state index in [2.05, 4.69) is 27.7 Å². The Hall–Kier alpha value is -2.34. The number of anilines is 3. The third-order valence-electron chi connectivity index (χ3n) is 4.89.